The van der Waals surface area contributed by atoms with Gasteiger partial charge < -0.3 is 5.32 Å². The van der Waals surface area contributed by atoms with Crippen LogP contribution in [-0.4, -0.2) is 12.6 Å². The van der Waals surface area contributed by atoms with Gasteiger partial charge in [-0.05, 0) is 42.6 Å². The maximum atomic E-state index is 6.03. The van der Waals surface area contributed by atoms with Gasteiger partial charge in [0.15, 0.2) is 0 Å². The maximum absolute atomic E-state index is 6.03. The average Bonchev–Trinajstić information content (AvgIpc) is 2.77. The normalized spacial score (nSPS) is 18.7. The van der Waals surface area contributed by atoms with Gasteiger partial charge >= 0.3 is 0 Å². The number of likely N-dealkylation sites (N-methyl/N-ethyl adjacent to an activating group) is 1. The minimum absolute atomic E-state index is 0.523. The molecular weight excluding hydrogens is 274 g/mol. The fourth-order valence-corrected chi connectivity index (χ4v) is 4.10. The molecule has 0 bridgehead atoms. The van der Waals surface area contributed by atoms with Gasteiger partial charge in [0, 0.05) is 16.8 Å². The summed E-state index contributed by atoms with van der Waals surface area (Å²) in [6.45, 7) is 3.20. The monoisotopic (exact) mass is 291 g/mol. The zero-order valence-corrected chi connectivity index (χ0v) is 12.6. The van der Waals surface area contributed by atoms with E-state index in [0.29, 0.717) is 12.0 Å². The van der Waals surface area contributed by atoms with Gasteiger partial charge in [-0.3, -0.25) is 0 Å². The van der Waals surface area contributed by atoms with E-state index in [2.05, 4.69) is 42.6 Å². The van der Waals surface area contributed by atoms with Crippen LogP contribution < -0.4 is 5.32 Å². The standard InChI is InChI=1S/C16H18ClNS/c1-2-18-15(10-12-7-8-16(17)19-12)14-9-11-5-3-4-6-13(11)14/h3-8,14-15,18H,2,9-10H2,1H3. The molecule has 2 atom stereocenters. The molecule has 2 aromatic rings. The lowest BCUT2D eigenvalue weighted by Crippen LogP contribution is -2.41. The van der Waals surface area contributed by atoms with E-state index in [1.54, 1.807) is 11.3 Å². The molecule has 19 heavy (non-hydrogen) atoms. The first-order valence-corrected chi connectivity index (χ1v) is 8.02. The Hall–Kier alpha value is -0.830. The minimum Gasteiger partial charge on any atom is -0.313 e. The Morgan fingerprint density at radius 2 is 2.16 bits per heavy atom. The third kappa shape index (κ3) is 2.71. The fraction of sp³-hybridized carbons (Fsp3) is 0.375. The van der Waals surface area contributed by atoms with E-state index in [4.69, 9.17) is 11.6 Å². The second-order valence-corrected chi connectivity index (χ2v) is 6.88. The molecule has 0 spiro atoms. The summed E-state index contributed by atoms with van der Waals surface area (Å²) in [7, 11) is 0. The summed E-state index contributed by atoms with van der Waals surface area (Å²) in [6, 6.07) is 13.5. The molecule has 1 aliphatic carbocycles. The van der Waals surface area contributed by atoms with E-state index in [-0.39, 0.29) is 0 Å². The topological polar surface area (TPSA) is 12.0 Å². The van der Waals surface area contributed by atoms with Gasteiger partial charge in [-0.15, -0.1) is 11.3 Å². The van der Waals surface area contributed by atoms with Crippen molar-refractivity contribution in [2.24, 2.45) is 0 Å². The van der Waals surface area contributed by atoms with E-state index in [1.807, 2.05) is 6.07 Å². The number of benzene rings is 1. The zero-order chi connectivity index (χ0) is 13.2. The van der Waals surface area contributed by atoms with Crippen molar-refractivity contribution in [3.8, 4) is 0 Å². The van der Waals surface area contributed by atoms with Crippen molar-refractivity contribution in [3.05, 3.63) is 56.7 Å². The van der Waals surface area contributed by atoms with Gasteiger partial charge in [-0.2, -0.15) is 0 Å². The molecule has 0 aliphatic heterocycles. The predicted octanol–water partition coefficient (Wildman–Crippen LogP) is 4.26. The summed E-state index contributed by atoms with van der Waals surface area (Å²) >= 11 is 7.73. The van der Waals surface area contributed by atoms with Crippen LogP contribution in [0.1, 0.15) is 28.8 Å². The Bertz CT molecular complexity index is 563. The van der Waals surface area contributed by atoms with Crippen LogP contribution in [0, 0.1) is 0 Å². The molecule has 3 heteroatoms. The van der Waals surface area contributed by atoms with Gasteiger partial charge in [0.2, 0.25) is 0 Å². The Kier molecular flexibility index (Phi) is 3.92. The summed E-state index contributed by atoms with van der Waals surface area (Å²) in [5.74, 6) is 0.650. The summed E-state index contributed by atoms with van der Waals surface area (Å²) in [5, 5.41) is 3.65. The van der Waals surface area contributed by atoms with Gasteiger partial charge in [-0.1, -0.05) is 42.8 Å². The van der Waals surface area contributed by atoms with Crippen molar-refractivity contribution < 1.29 is 0 Å². The maximum Gasteiger partial charge on any atom is 0.0931 e. The second kappa shape index (κ2) is 5.66. The molecule has 0 saturated carbocycles. The van der Waals surface area contributed by atoms with Crippen LogP contribution in [0.15, 0.2) is 36.4 Å². The average molecular weight is 292 g/mol. The van der Waals surface area contributed by atoms with Crippen molar-refractivity contribution in [3.63, 3.8) is 0 Å². The lowest BCUT2D eigenvalue weighted by molar-refractivity contribution is 0.406. The molecule has 3 rings (SSSR count). The first-order chi connectivity index (χ1) is 9.28. The van der Waals surface area contributed by atoms with Crippen LogP contribution in [0.25, 0.3) is 0 Å². The number of fused-ring (bicyclic) bond motifs is 1. The molecule has 1 nitrogen and oxygen atoms in total. The van der Waals surface area contributed by atoms with Crippen LogP contribution in [0.5, 0.6) is 0 Å². The number of hydrogen-bond donors (Lipinski definition) is 1. The molecule has 1 aromatic carbocycles. The van der Waals surface area contributed by atoms with Crippen molar-refractivity contribution >= 4 is 22.9 Å². The summed E-state index contributed by atoms with van der Waals surface area (Å²) in [6.07, 6.45) is 2.27. The Morgan fingerprint density at radius 1 is 1.32 bits per heavy atom. The quantitative estimate of drug-likeness (QED) is 0.868. The van der Waals surface area contributed by atoms with E-state index < -0.39 is 0 Å². The van der Waals surface area contributed by atoms with Gasteiger partial charge in [0.05, 0.1) is 4.34 Å². The lowest BCUT2D eigenvalue weighted by atomic mass is 9.72. The van der Waals surface area contributed by atoms with Gasteiger partial charge in [-0.25, -0.2) is 0 Å². The predicted molar refractivity (Wildman–Crippen MR) is 83.4 cm³/mol. The molecule has 1 N–H and O–H groups in total. The summed E-state index contributed by atoms with van der Waals surface area (Å²) < 4.78 is 0.888. The highest BCUT2D eigenvalue weighted by atomic mass is 35.5. The largest absolute Gasteiger partial charge is 0.313 e. The van der Waals surface area contributed by atoms with Crippen LogP contribution in [-0.2, 0) is 12.8 Å². The third-order valence-electron chi connectivity index (χ3n) is 3.90. The molecule has 1 heterocycles. The van der Waals surface area contributed by atoms with Crippen LogP contribution >= 0.6 is 22.9 Å². The molecule has 1 aromatic heterocycles. The Balaban J connectivity index is 1.76. The number of hydrogen-bond acceptors (Lipinski definition) is 2. The highest BCUT2D eigenvalue weighted by Gasteiger charge is 2.32. The van der Waals surface area contributed by atoms with E-state index in [9.17, 15) is 0 Å². The first kappa shape index (κ1) is 13.2. The van der Waals surface area contributed by atoms with Crippen LogP contribution in [0.3, 0.4) is 0 Å². The summed E-state index contributed by atoms with van der Waals surface area (Å²) in [5.41, 5.74) is 3.04. The van der Waals surface area contributed by atoms with Crippen molar-refractivity contribution in [2.75, 3.05) is 6.54 Å². The minimum atomic E-state index is 0.523. The van der Waals surface area contributed by atoms with E-state index in [0.717, 1.165) is 17.3 Å². The van der Waals surface area contributed by atoms with Crippen LogP contribution in [0.4, 0.5) is 0 Å². The SMILES string of the molecule is CCNC(Cc1ccc(Cl)s1)C1Cc2ccccc21. The molecule has 0 amide bonds. The molecule has 2 unspecified atom stereocenters. The molecule has 0 saturated heterocycles. The molecule has 100 valence electrons. The number of halogens is 1. The highest BCUT2D eigenvalue weighted by Crippen LogP contribution is 2.38. The van der Waals surface area contributed by atoms with Crippen molar-refractivity contribution in [2.45, 2.75) is 31.7 Å². The van der Waals surface area contributed by atoms with Crippen LogP contribution in [0.2, 0.25) is 4.34 Å². The molecular formula is C16H18ClNS. The zero-order valence-electron chi connectivity index (χ0n) is 11.0. The Morgan fingerprint density at radius 3 is 2.84 bits per heavy atom. The van der Waals surface area contributed by atoms with Crippen molar-refractivity contribution in [1.82, 2.24) is 5.32 Å². The first-order valence-electron chi connectivity index (χ1n) is 6.83. The lowest BCUT2D eigenvalue weighted by Gasteiger charge is -2.37. The number of thiophene rings is 1. The van der Waals surface area contributed by atoms with E-state index >= 15 is 0 Å². The fourth-order valence-electron chi connectivity index (χ4n) is 2.95. The second-order valence-electron chi connectivity index (χ2n) is 5.08. The summed E-state index contributed by atoms with van der Waals surface area (Å²) in [4.78, 5) is 1.38. The van der Waals surface area contributed by atoms with Crippen molar-refractivity contribution in [1.29, 1.82) is 0 Å². The molecule has 0 fully saturated rings. The highest BCUT2D eigenvalue weighted by molar-refractivity contribution is 7.16. The van der Waals surface area contributed by atoms with Gasteiger partial charge in [0.1, 0.15) is 0 Å². The Labute approximate surface area is 123 Å². The number of rotatable bonds is 5. The van der Waals surface area contributed by atoms with E-state index in [1.165, 1.54) is 22.4 Å². The molecule has 0 radical (unpaired) electrons. The third-order valence-corrected chi connectivity index (χ3v) is 5.15. The molecule has 1 aliphatic rings. The smallest absolute Gasteiger partial charge is 0.0931 e. The number of nitrogens with one attached hydrogen (secondary N) is 1. The van der Waals surface area contributed by atoms with Gasteiger partial charge in [0.25, 0.3) is 0 Å².